The molecule has 0 amide bonds. The van der Waals surface area contributed by atoms with Crippen molar-refractivity contribution < 1.29 is 14.3 Å². The quantitative estimate of drug-likeness (QED) is 0.471. The van der Waals surface area contributed by atoms with Crippen molar-refractivity contribution in [2.24, 2.45) is 4.99 Å². The second-order valence-electron chi connectivity index (χ2n) is 2.91. The van der Waals surface area contributed by atoms with Crippen LogP contribution in [0.5, 0.6) is 0 Å². The van der Waals surface area contributed by atoms with Crippen LogP contribution in [0.15, 0.2) is 17.4 Å². The van der Waals surface area contributed by atoms with Crippen LogP contribution in [-0.2, 0) is 9.53 Å². The van der Waals surface area contributed by atoms with Gasteiger partial charge in [0, 0.05) is 12.4 Å². The molecule has 17 heavy (non-hydrogen) atoms. The fraction of sp³-hybridized carbons (Fsp3) is 0.200. The van der Waals surface area contributed by atoms with Crippen LogP contribution in [0.1, 0.15) is 16.6 Å². The van der Waals surface area contributed by atoms with Crippen molar-refractivity contribution in [3.8, 4) is 0 Å². The highest BCUT2D eigenvalue weighted by molar-refractivity contribution is 7.21. The predicted octanol–water partition coefficient (Wildman–Crippen LogP) is 1.84. The lowest BCUT2D eigenvalue weighted by molar-refractivity contribution is 0.0533. The third kappa shape index (κ3) is 2.06. The van der Waals surface area contributed by atoms with E-state index in [9.17, 15) is 9.59 Å². The second-order valence-corrected chi connectivity index (χ2v) is 3.91. The van der Waals surface area contributed by atoms with E-state index in [0.29, 0.717) is 10.3 Å². The van der Waals surface area contributed by atoms with Gasteiger partial charge in [-0.2, -0.15) is 4.99 Å². The van der Waals surface area contributed by atoms with Gasteiger partial charge in [0.05, 0.1) is 6.61 Å². The van der Waals surface area contributed by atoms with Crippen LogP contribution in [0.25, 0.3) is 10.3 Å². The number of carbonyl (C=O) groups excluding carboxylic acids is 2. The number of hydrogen-bond acceptors (Lipinski definition) is 7. The Hall–Kier alpha value is -2.11. The summed E-state index contributed by atoms with van der Waals surface area (Å²) in [5.41, 5.74) is 0.579. The number of aliphatic imine (C=N–C) groups is 1. The Morgan fingerprint density at radius 2 is 2.29 bits per heavy atom. The van der Waals surface area contributed by atoms with Crippen molar-refractivity contribution in [1.82, 2.24) is 9.97 Å². The van der Waals surface area contributed by atoms with Gasteiger partial charge in [-0.3, -0.25) is 0 Å². The van der Waals surface area contributed by atoms with Gasteiger partial charge in [0.15, 0.2) is 0 Å². The van der Waals surface area contributed by atoms with Gasteiger partial charge in [-0.15, -0.1) is 11.3 Å². The lowest BCUT2D eigenvalue weighted by atomic mass is 10.3. The zero-order valence-corrected chi connectivity index (χ0v) is 9.65. The summed E-state index contributed by atoms with van der Waals surface area (Å²) in [5.74, 6) is -0.536. The van der Waals surface area contributed by atoms with Crippen LogP contribution >= 0.6 is 11.3 Å². The number of carbonyl (C=O) groups is 1. The number of thiophene rings is 1. The molecule has 0 saturated heterocycles. The molecule has 0 spiro atoms. The van der Waals surface area contributed by atoms with E-state index in [1.54, 1.807) is 6.92 Å². The Balaban J connectivity index is 2.65. The topological polar surface area (TPSA) is 81.5 Å². The van der Waals surface area contributed by atoms with Crippen LogP contribution in [0.2, 0.25) is 0 Å². The molecule has 0 aliphatic heterocycles. The smallest absolute Gasteiger partial charge is 0.350 e. The van der Waals surface area contributed by atoms with Crippen molar-refractivity contribution in [3.63, 3.8) is 0 Å². The Labute approximate surface area is 100.0 Å². The molecule has 2 aromatic rings. The zero-order valence-electron chi connectivity index (χ0n) is 8.84. The maximum Gasteiger partial charge on any atom is 0.350 e. The van der Waals surface area contributed by atoms with Gasteiger partial charge in [-0.25, -0.2) is 19.6 Å². The maximum atomic E-state index is 11.7. The number of isocyanates is 1. The van der Waals surface area contributed by atoms with E-state index in [1.807, 2.05) is 0 Å². The van der Waals surface area contributed by atoms with E-state index >= 15 is 0 Å². The first kappa shape index (κ1) is 11.4. The average molecular weight is 249 g/mol. The van der Waals surface area contributed by atoms with Crippen molar-refractivity contribution in [1.29, 1.82) is 0 Å². The summed E-state index contributed by atoms with van der Waals surface area (Å²) >= 11 is 1.09. The summed E-state index contributed by atoms with van der Waals surface area (Å²) in [6.07, 6.45) is 4.37. The number of fused-ring (bicyclic) bond motifs is 1. The number of esters is 1. The maximum absolute atomic E-state index is 11.7. The third-order valence-electron chi connectivity index (χ3n) is 1.92. The molecule has 0 bridgehead atoms. The molecule has 86 valence electrons. The molecule has 2 aromatic heterocycles. The van der Waals surface area contributed by atoms with Gasteiger partial charge in [-0.05, 0) is 6.92 Å². The summed E-state index contributed by atoms with van der Waals surface area (Å²) in [7, 11) is 0. The fourth-order valence-electron chi connectivity index (χ4n) is 1.30. The molecular weight excluding hydrogens is 242 g/mol. The van der Waals surface area contributed by atoms with Gasteiger partial charge in [0.1, 0.15) is 20.9 Å². The molecule has 0 fully saturated rings. The Morgan fingerprint density at radius 3 is 3.00 bits per heavy atom. The molecule has 2 heterocycles. The normalized spacial score (nSPS) is 9.94. The molecule has 0 unspecified atom stereocenters. The van der Waals surface area contributed by atoms with Crippen LogP contribution < -0.4 is 0 Å². The van der Waals surface area contributed by atoms with E-state index < -0.39 is 5.97 Å². The summed E-state index contributed by atoms with van der Waals surface area (Å²) < 4.78 is 4.87. The number of nitrogens with zero attached hydrogens (tertiary/aromatic N) is 3. The number of ether oxygens (including phenoxy) is 1. The lowest BCUT2D eigenvalue weighted by Crippen LogP contribution is -2.02. The predicted molar refractivity (Wildman–Crippen MR) is 61.2 cm³/mol. The van der Waals surface area contributed by atoms with Crippen LogP contribution in [0.4, 0.5) is 5.69 Å². The molecule has 0 aliphatic rings. The standard InChI is InChI=1S/C10H7N3O3S/c1-2-16-10(15)8-6(13-5-14)7-9(17-8)12-4-3-11-7/h3-4H,2H2,1H3. The zero-order chi connectivity index (χ0) is 12.3. The van der Waals surface area contributed by atoms with Crippen LogP contribution in [0.3, 0.4) is 0 Å². The highest BCUT2D eigenvalue weighted by atomic mass is 32.1. The Kier molecular flexibility index (Phi) is 3.22. The molecule has 0 saturated carbocycles. The molecule has 0 radical (unpaired) electrons. The first-order valence-corrected chi connectivity index (χ1v) is 5.58. The molecule has 0 atom stereocenters. The van der Waals surface area contributed by atoms with E-state index in [1.165, 1.54) is 18.5 Å². The third-order valence-corrected chi connectivity index (χ3v) is 2.98. The Morgan fingerprint density at radius 1 is 1.53 bits per heavy atom. The molecule has 2 rings (SSSR count). The van der Waals surface area contributed by atoms with Gasteiger partial charge < -0.3 is 4.74 Å². The monoisotopic (exact) mass is 249 g/mol. The van der Waals surface area contributed by atoms with E-state index in [-0.39, 0.29) is 17.2 Å². The minimum Gasteiger partial charge on any atom is -0.462 e. The highest BCUT2D eigenvalue weighted by Gasteiger charge is 2.20. The summed E-state index contributed by atoms with van der Waals surface area (Å²) in [5, 5.41) is 0. The number of aromatic nitrogens is 2. The average Bonchev–Trinajstić information content (AvgIpc) is 2.70. The highest BCUT2D eigenvalue weighted by Crippen LogP contribution is 2.35. The summed E-state index contributed by atoms with van der Waals surface area (Å²) in [6.45, 7) is 1.95. The Bertz CT molecular complexity index is 616. The summed E-state index contributed by atoms with van der Waals surface area (Å²) in [6, 6.07) is 0. The molecule has 6 nitrogen and oxygen atoms in total. The number of rotatable bonds is 3. The first-order chi connectivity index (χ1) is 8.27. The van der Waals surface area contributed by atoms with Gasteiger partial charge in [-0.1, -0.05) is 0 Å². The van der Waals surface area contributed by atoms with Crippen molar-refractivity contribution in [2.75, 3.05) is 6.61 Å². The molecular formula is C10H7N3O3S. The van der Waals surface area contributed by atoms with Crippen LogP contribution in [-0.4, -0.2) is 28.6 Å². The van der Waals surface area contributed by atoms with Gasteiger partial charge in [0.25, 0.3) is 0 Å². The van der Waals surface area contributed by atoms with Gasteiger partial charge >= 0.3 is 5.97 Å². The number of hydrogen-bond donors (Lipinski definition) is 0. The first-order valence-electron chi connectivity index (χ1n) is 4.76. The second kappa shape index (κ2) is 4.82. The summed E-state index contributed by atoms with van der Waals surface area (Å²) in [4.78, 5) is 34.3. The van der Waals surface area contributed by atoms with Crippen molar-refractivity contribution in [3.05, 3.63) is 17.3 Å². The SMILES string of the molecule is CCOC(=O)c1sc2nccnc2c1N=C=O. The molecule has 0 aliphatic carbocycles. The van der Waals surface area contributed by atoms with E-state index in [4.69, 9.17) is 4.74 Å². The lowest BCUT2D eigenvalue weighted by Gasteiger charge is -1.98. The van der Waals surface area contributed by atoms with Crippen molar-refractivity contribution in [2.45, 2.75) is 6.92 Å². The molecule has 7 heteroatoms. The van der Waals surface area contributed by atoms with E-state index in [0.717, 1.165) is 11.3 Å². The minimum absolute atomic E-state index is 0.173. The largest absolute Gasteiger partial charge is 0.462 e. The van der Waals surface area contributed by atoms with Crippen molar-refractivity contribution >= 4 is 39.4 Å². The van der Waals surface area contributed by atoms with Crippen LogP contribution in [0, 0.1) is 0 Å². The molecule has 0 N–H and O–H groups in total. The fourth-order valence-corrected chi connectivity index (χ4v) is 2.23. The van der Waals surface area contributed by atoms with Gasteiger partial charge in [0.2, 0.25) is 6.08 Å². The minimum atomic E-state index is -0.536. The van der Waals surface area contributed by atoms with E-state index in [2.05, 4.69) is 15.0 Å². The molecule has 0 aromatic carbocycles.